The summed E-state index contributed by atoms with van der Waals surface area (Å²) in [6.45, 7) is 0. The second kappa shape index (κ2) is 5.58. The number of ether oxygens (including phenoxy) is 1. The van der Waals surface area contributed by atoms with Crippen LogP contribution < -0.4 is 5.32 Å². The average molecular weight is 302 g/mol. The molecule has 3 rings (SSSR count). The van der Waals surface area contributed by atoms with Gasteiger partial charge in [-0.1, -0.05) is 48.5 Å². The third kappa shape index (κ3) is 2.76. The fraction of sp³-hybridized carbons (Fsp3) is 0.125. The first-order valence-corrected chi connectivity index (χ1v) is 6.85. The lowest BCUT2D eigenvalue weighted by Crippen LogP contribution is -2.26. The maximum Gasteiger partial charge on any atom is 0.408 e. The minimum absolute atomic E-state index is 0.564. The van der Waals surface area contributed by atoms with E-state index in [0.29, 0.717) is 0 Å². The molecule has 0 radical (unpaired) electrons. The number of amides is 1. The van der Waals surface area contributed by atoms with Crippen molar-refractivity contribution >= 4 is 22.9 Å². The van der Waals surface area contributed by atoms with Gasteiger partial charge in [-0.25, -0.2) is 4.79 Å². The van der Waals surface area contributed by atoms with E-state index < -0.39 is 23.5 Å². The molecule has 1 aliphatic rings. The third-order valence-corrected chi connectivity index (χ3v) is 3.60. The Balaban J connectivity index is 1.96. The Morgan fingerprint density at radius 2 is 1.76 bits per heavy atom. The molecule has 5 heteroatoms. The van der Waals surface area contributed by atoms with Gasteiger partial charge in [0.1, 0.15) is 6.04 Å². The van der Waals surface area contributed by atoms with Crippen LogP contribution in [0, 0.1) is 0 Å². The predicted molar refractivity (Wildman–Crippen MR) is 78.9 cm³/mol. The highest BCUT2D eigenvalue weighted by atomic mass is 35.5. The van der Waals surface area contributed by atoms with Crippen molar-refractivity contribution in [3.8, 4) is 11.1 Å². The Morgan fingerprint density at radius 3 is 2.48 bits per heavy atom. The first kappa shape index (κ1) is 13.6. The van der Waals surface area contributed by atoms with Gasteiger partial charge < -0.3 is 10.1 Å². The zero-order chi connectivity index (χ0) is 14.8. The Bertz CT molecular complexity index is 687. The molecular weight excluding hydrogens is 290 g/mol. The molecule has 0 aliphatic carbocycles. The summed E-state index contributed by atoms with van der Waals surface area (Å²) >= 11 is 5.49. The van der Waals surface area contributed by atoms with Gasteiger partial charge in [-0.05, 0) is 34.4 Å². The maximum absolute atomic E-state index is 11.4. The van der Waals surface area contributed by atoms with Crippen LogP contribution in [-0.4, -0.2) is 17.4 Å². The Hall–Kier alpha value is -2.33. The van der Waals surface area contributed by atoms with Crippen molar-refractivity contribution in [3.63, 3.8) is 0 Å². The summed E-state index contributed by atoms with van der Waals surface area (Å²) in [4.78, 5) is 22.7. The van der Waals surface area contributed by atoms with E-state index in [0.717, 1.165) is 16.7 Å². The van der Waals surface area contributed by atoms with Crippen LogP contribution in [0.1, 0.15) is 11.6 Å². The van der Waals surface area contributed by atoms with Crippen molar-refractivity contribution in [2.75, 3.05) is 0 Å². The van der Waals surface area contributed by atoms with Gasteiger partial charge >= 0.3 is 6.09 Å². The van der Waals surface area contributed by atoms with Gasteiger partial charge in [0, 0.05) is 0 Å². The summed E-state index contributed by atoms with van der Waals surface area (Å²) in [6.07, 6.45) is -1.63. The number of alkyl carbamates (subject to hydrolysis) is 1. The van der Waals surface area contributed by atoms with E-state index in [1.54, 1.807) is 0 Å². The Kier molecular flexibility index (Phi) is 3.62. The van der Waals surface area contributed by atoms with Crippen molar-refractivity contribution in [3.05, 3.63) is 60.2 Å². The van der Waals surface area contributed by atoms with Crippen molar-refractivity contribution in [1.82, 2.24) is 5.32 Å². The first-order chi connectivity index (χ1) is 10.1. The lowest BCUT2D eigenvalue weighted by molar-refractivity contribution is -0.118. The van der Waals surface area contributed by atoms with E-state index in [9.17, 15) is 9.59 Å². The lowest BCUT2D eigenvalue weighted by atomic mass is 9.97. The Morgan fingerprint density at radius 1 is 1.05 bits per heavy atom. The highest BCUT2D eigenvalue weighted by molar-refractivity contribution is 6.64. The molecule has 1 saturated heterocycles. The molecule has 0 spiro atoms. The molecule has 0 saturated carbocycles. The zero-order valence-corrected chi connectivity index (χ0v) is 11.7. The highest BCUT2D eigenvalue weighted by Gasteiger charge is 2.39. The van der Waals surface area contributed by atoms with Crippen LogP contribution >= 0.6 is 11.6 Å². The number of rotatable bonds is 3. The van der Waals surface area contributed by atoms with Gasteiger partial charge in [-0.15, -0.1) is 0 Å². The maximum atomic E-state index is 11.4. The van der Waals surface area contributed by atoms with Gasteiger partial charge in [-0.2, -0.15) is 0 Å². The van der Waals surface area contributed by atoms with Gasteiger partial charge in [0.2, 0.25) is 6.10 Å². The molecular formula is C16H12ClNO3. The minimum atomic E-state index is -0.995. The summed E-state index contributed by atoms with van der Waals surface area (Å²) in [5.74, 6) is 0. The molecule has 1 fully saturated rings. The molecule has 2 aromatic rings. The minimum Gasteiger partial charge on any atom is -0.434 e. The largest absolute Gasteiger partial charge is 0.434 e. The smallest absolute Gasteiger partial charge is 0.408 e. The van der Waals surface area contributed by atoms with Crippen LogP contribution in [0.2, 0.25) is 0 Å². The fourth-order valence-corrected chi connectivity index (χ4v) is 2.57. The number of benzene rings is 2. The molecule has 1 amide bonds. The number of hydrogen-bond donors (Lipinski definition) is 1. The average Bonchev–Trinajstić information content (AvgIpc) is 2.91. The number of carbonyl (C=O) groups is 2. The molecule has 0 unspecified atom stereocenters. The summed E-state index contributed by atoms with van der Waals surface area (Å²) < 4.78 is 4.90. The molecule has 106 valence electrons. The van der Waals surface area contributed by atoms with Crippen molar-refractivity contribution in [1.29, 1.82) is 0 Å². The molecule has 1 N–H and O–H groups in total. The van der Waals surface area contributed by atoms with Crippen LogP contribution in [0.5, 0.6) is 0 Å². The zero-order valence-electron chi connectivity index (χ0n) is 11.0. The lowest BCUT2D eigenvalue weighted by Gasteiger charge is -2.14. The Labute approximate surface area is 126 Å². The van der Waals surface area contributed by atoms with Crippen molar-refractivity contribution in [2.45, 2.75) is 12.1 Å². The highest BCUT2D eigenvalue weighted by Crippen LogP contribution is 2.29. The van der Waals surface area contributed by atoms with Crippen LogP contribution in [-0.2, 0) is 9.53 Å². The molecule has 2 aromatic carbocycles. The molecule has 21 heavy (non-hydrogen) atoms. The second-order valence-electron chi connectivity index (χ2n) is 4.74. The quantitative estimate of drug-likeness (QED) is 0.885. The van der Waals surface area contributed by atoms with E-state index >= 15 is 0 Å². The van der Waals surface area contributed by atoms with Gasteiger partial charge in [0.25, 0.3) is 5.24 Å². The number of cyclic esters (lactones) is 1. The number of hydrogen-bond acceptors (Lipinski definition) is 3. The molecule has 1 heterocycles. The molecule has 0 aromatic heterocycles. The topological polar surface area (TPSA) is 55.4 Å². The first-order valence-electron chi connectivity index (χ1n) is 6.47. The van der Waals surface area contributed by atoms with E-state index in [-0.39, 0.29) is 0 Å². The second-order valence-corrected chi connectivity index (χ2v) is 5.12. The van der Waals surface area contributed by atoms with E-state index in [4.69, 9.17) is 16.3 Å². The molecule has 4 nitrogen and oxygen atoms in total. The molecule has 1 aliphatic heterocycles. The predicted octanol–water partition coefficient (Wildman–Crippen LogP) is 3.27. The van der Waals surface area contributed by atoms with Crippen molar-refractivity contribution < 1.29 is 14.3 Å². The van der Waals surface area contributed by atoms with Crippen LogP contribution in [0.4, 0.5) is 4.79 Å². The van der Waals surface area contributed by atoms with Gasteiger partial charge in [0.15, 0.2) is 0 Å². The van der Waals surface area contributed by atoms with Crippen LogP contribution in [0.3, 0.4) is 0 Å². The molecule has 0 bridgehead atoms. The van der Waals surface area contributed by atoms with Crippen LogP contribution in [0.15, 0.2) is 54.6 Å². The normalized spacial score (nSPS) is 20.7. The monoisotopic (exact) mass is 301 g/mol. The summed E-state index contributed by atoms with van der Waals surface area (Å²) in [5.41, 5.74) is 2.83. The van der Waals surface area contributed by atoms with Crippen LogP contribution in [0.25, 0.3) is 11.1 Å². The van der Waals surface area contributed by atoms with Gasteiger partial charge in [-0.3, -0.25) is 4.79 Å². The summed E-state index contributed by atoms with van der Waals surface area (Å²) in [7, 11) is 0. The van der Waals surface area contributed by atoms with E-state index in [2.05, 4.69) is 5.32 Å². The summed E-state index contributed by atoms with van der Waals surface area (Å²) in [6, 6.07) is 16.9. The summed E-state index contributed by atoms with van der Waals surface area (Å²) in [5, 5.41) is 1.92. The van der Waals surface area contributed by atoms with E-state index in [1.807, 2.05) is 54.6 Å². The number of halogens is 1. The van der Waals surface area contributed by atoms with E-state index in [1.165, 1.54) is 0 Å². The number of nitrogens with one attached hydrogen (secondary N) is 1. The van der Waals surface area contributed by atoms with Gasteiger partial charge in [0.05, 0.1) is 0 Å². The SMILES string of the molecule is O=C1N[C@H](c2cccc(-c3ccccc3)c2)[C@@H](C(=O)Cl)O1. The standard InChI is InChI=1S/C16H12ClNO3/c17-15(19)14-13(18-16(20)21-14)12-8-4-7-11(9-12)10-5-2-1-3-6-10/h1-9,13-14H,(H,18,20)/t13-,14+/m1/s1. The molecule has 2 atom stereocenters. The van der Waals surface area contributed by atoms with Crippen molar-refractivity contribution in [2.24, 2.45) is 0 Å². The number of carbonyl (C=O) groups excluding carboxylic acids is 2. The fourth-order valence-electron chi connectivity index (χ4n) is 2.40. The third-order valence-electron chi connectivity index (χ3n) is 3.39.